The average Bonchev–Trinajstić information content (AvgIpc) is 3.12. The van der Waals surface area contributed by atoms with E-state index in [0.29, 0.717) is 32.9 Å². The van der Waals surface area contributed by atoms with Crippen molar-refractivity contribution in [3.63, 3.8) is 0 Å². The molecule has 1 aliphatic heterocycles. The van der Waals surface area contributed by atoms with Crippen molar-refractivity contribution in [2.24, 2.45) is 4.99 Å². The molecule has 0 saturated carbocycles. The van der Waals surface area contributed by atoms with Crippen LogP contribution >= 0.6 is 11.3 Å². The van der Waals surface area contributed by atoms with Gasteiger partial charge < -0.3 is 9.47 Å². The number of nitriles is 1. The normalized spacial score (nSPS) is 15.7. The van der Waals surface area contributed by atoms with E-state index in [9.17, 15) is 19.8 Å². The lowest BCUT2D eigenvalue weighted by Gasteiger charge is -2.23. The molecule has 1 unspecified atom stereocenters. The maximum atomic E-state index is 14.4. The van der Waals surface area contributed by atoms with E-state index in [1.54, 1.807) is 31.2 Å². The lowest BCUT2D eigenvalue weighted by atomic mass is 9.88. The van der Waals surface area contributed by atoms with Crippen molar-refractivity contribution >= 4 is 33.5 Å². The summed E-state index contributed by atoms with van der Waals surface area (Å²) in [5.74, 6) is -0.535. The van der Waals surface area contributed by atoms with Gasteiger partial charge in [-0.1, -0.05) is 18.2 Å². The van der Waals surface area contributed by atoms with Gasteiger partial charge in [-0.3, -0.25) is 10.1 Å². The summed E-state index contributed by atoms with van der Waals surface area (Å²) in [4.78, 5) is 15.3. The van der Waals surface area contributed by atoms with Crippen molar-refractivity contribution in [2.45, 2.75) is 12.8 Å². The highest BCUT2D eigenvalue weighted by Crippen LogP contribution is 2.51. The minimum absolute atomic E-state index is 0.0470. The van der Waals surface area contributed by atoms with Crippen LogP contribution < -0.4 is 4.74 Å². The Bertz CT molecular complexity index is 1240. The standard InChI is InChI=1S/C21H14FN3O4S/c1-2-28-11-24-21-15(10-23)17(12-6-8-13(9-7-12)25(26)27)20-18(29-21)14-4-3-5-16(22)19(14)30-20/h3-9,11,17H,2H2,1H3/b24-11+. The highest BCUT2D eigenvalue weighted by atomic mass is 32.1. The zero-order valence-corrected chi connectivity index (χ0v) is 16.5. The maximum absolute atomic E-state index is 14.4. The van der Waals surface area contributed by atoms with Crippen LogP contribution in [0.25, 0.3) is 10.1 Å². The fourth-order valence-corrected chi connectivity index (χ4v) is 4.53. The number of thiophene rings is 1. The number of fused-ring (bicyclic) bond motifs is 3. The molecular formula is C21H14FN3O4S. The number of ether oxygens (including phenoxy) is 2. The number of allylic oxidation sites excluding steroid dienone is 1. The first-order chi connectivity index (χ1) is 14.5. The third-order valence-electron chi connectivity index (χ3n) is 4.60. The Kier molecular flexibility index (Phi) is 5.16. The van der Waals surface area contributed by atoms with E-state index in [1.165, 1.54) is 35.9 Å². The molecular weight excluding hydrogens is 409 g/mol. The summed E-state index contributed by atoms with van der Waals surface area (Å²) >= 11 is 1.19. The second-order valence-electron chi connectivity index (χ2n) is 6.32. The molecule has 0 saturated heterocycles. The summed E-state index contributed by atoms with van der Waals surface area (Å²) in [5, 5.41) is 21.5. The Morgan fingerprint density at radius 1 is 1.37 bits per heavy atom. The van der Waals surface area contributed by atoms with Crippen LogP contribution in [0.1, 0.15) is 23.3 Å². The topological polar surface area (TPSA) is 97.8 Å². The van der Waals surface area contributed by atoms with Crippen LogP contribution in [0.4, 0.5) is 10.1 Å². The Labute approximate surface area is 174 Å². The van der Waals surface area contributed by atoms with Crippen LogP contribution in [0.5, 0.6) is 5.75 Å². The van der Waals surface area contributed by atoms with E-state index in [4.69, 9.17) is 9.47 Å². The third kappa shape index (κ3) is 3.27. The monoisotopic (exact) mass is 423 g/mol. The fourth-order valence-electron chi connectivity index (χ4n) is 3.26. The Balaban J connectivity index is 1.94. The van der Waals surface area contributed by atoms with Crippen molar-refractivity contribution in [1.82, 2.24) is 0 Å². The molecule has 1 aromatic heterocycles. The third-order valence-corrected chi connectivity index (χ3v) is 5.86. The number of nitro groups is 1. The molecule has 4 rings (SSSR count). The van der Waals surface area contributed by atoms with Gasteiger partial charge in [0.1, 0.15) is 17.5 Å². The van der Waals surface area contributed by atoms with Crippen LogP contribution in [0.3, 0.4) is 0 Å². The van der Waals surface area contributed by atoms with Gasteiger partial charge in [0, 0.05) is 17.5 Å². The predicted octanol–water partition coefficient (Wildman–Crippen LogP) is 5.27. The van der Waals surface area contributed by atoms with Gasteiger partial charge in [-0.05, 0) is 24.6 Å². The summed E-state index contributed by atoms with van der Waals surface area (Å²) in [5.41, 5.74) is 0.780. The van der Waals surface area contributed by atoms with Gasteiger partial charge in [0.15, 0.2) is 12.2 Å². The summed E-state index contributed by atoms with van der Waals surface area (Å²) in [7, 11) is 0. The molecule has 3 aromatic rings. The number of rotatable bonds is 5. The van der Waals surface area contributed by atoms with Gasteiger partial charge in [0.2, 0.25) is 5.88 Å². The van der Waals surface area contributed by atoms with E-state index < -0.39 is 16.7 Å². The highest BCUT2D eigenvalue weighted by molar-refractivity contribution is 7.19. The van der Waals surface area contributed by atoms with E-state index in [0.717, 1.165) is 0 Å². The van der Waals surface area contributed by atoms with Gasteiger partial charge in [-0.25, -0.2) is 4.39 Å². The van der Waals surface area contributed by atoms with Gasteiger partial charge >= 0.3 is 0 Å². The van der Waals surface area contributed by atoms with E-state index in [1.807, 2.05) is 0 Å². The van der Waals surface area contributed by atoms with Gasteiger partial charge in [-0.2, -0.15) is 10.3 Å². The molecule has 0 amide bonds. The lowest BCUT2D eigenvalue weighted by molar-refractivity contribution is -0.384. The number of non-ortho nitro benzene ring substituents is 1. The smallest absolute Gasteiger partial charge is 0.269 e. The highest BCUT2D eigenvalue weighted by Gasteiger charge is 2.35. The second-order valence-corrected chi connectivity index (χ2v) is 7.37. The summed E-state index contributed by atoms with van der Waals surface area (Å²) in [6, 6.07) is 12.7. The summed E-state index contributed by atoms with van der Waals surface area (Å²) in [6.07, 6.45) is 1.19. The van der Waals surface area contributed by atoms with Gasteiger partial charge in [0.05, 0.1) is 27.0 Å². The molecule has 1 aliphatic rings. The van der Waals surface area contributed by atoms with Crippen molar-refractivity contribution in [3.05, 3.63) is 80.3 Å². The largest absolute Gasteiger partial charge is 0.483 e. The SMILES string of the molecule is CCO/C=N/C1=C(C#N)C(c2ccc([N+](=O)[O-])cc2)c2sc3c(F)cccc3c2O1. The molecule has 0 aliphatic carbocycles. The first kappa shape index (κ1) is 19.5. The van der Waals surface area contributed by atoms with Crippen LogP contribution in [-0.4, -0.2) is 17.9 Å². The molecule has 2 aromatic carbocycles. The number of halogens is 1. The van der Waals surface area contributed by atoms with Crippen LogP contribution in [0.2, 0.25) is 0 Å². The molecule has 9 heteroatoms. The molecule has 0 N–H and O–H groups in total. The quantitative estimate of drug-likeness (QED) is 0.241. The van der Waals surface area contributed by atoms with Crippen molar-refractivity contribution in [2.75, 3.05) is 6.61 Å². The second kappa shape index (κ2) is 7.93. The predicted molar refractivity (Wildman–Crippen MR) is 110 cm³/mol. The number of nitrogens with zero attached hydrogens (tertiary/aromatic N) is 3. The number of hydrogen-bond donors (Lipinski definition) is 0. The molecule has 7 nitrogen and oxygen atoms in total. The molecule has 0 bridgehead atoms. The molecule has 0 spiro atoms. The van der Waals surface area contributed by atoms with E-state index in [-0.39, 0.29) is 17.1 Å². The molecule has 30 heavy (non-hydrogen) atoms. The van der Waals surface area contributed by atoms with Gasteiger partial charge in [0.25, 0.3) is 5.69 Å². The molecule has 150 valence electrons. The van der Waals surface area contributed by atoms with Crippen molar-refractivity contribution < 1.29 is 18.8 Å². The number of hydrogen-bond acceptors (Lipinski definition) is 7. The number of nitro benzene ring substituents is 1. The van der Waals surface area contributed by atoms with Crippen LogP contribution in [0, 0.1) is 27.3 Å². The van der Waals surface area contributed by atoms with Crippen LogP contribution in [-0.2, 0) is 4.74 Å². The number of benzene rings is 2. The molecule has 1 atom stereocenters. The first-order valence-corrected chi connectivity index (χ1v) is 9.78. The lowest BCUT2D eigenvalue weighted by Crippen LogP contribution is -2.14. The minimum atomic E-state index is -0.606. The molecule has 0 fully saturated rings. The fraction of sp³-hybridized carbons (Fsp3) is 0.143. The van der Waals surface area contributed by atoms with E-state index in [2.05, 4.69) is 11.1 Å². The Morgan fingerprint density at radius 3 is 2.80 bits per heavy atom. The Morgan fingerprint density at radius 2 is 2.13 bits per heavy atom. The van der Waals surface area contributed by atoms with Gasteiger partial charge in [-0.15, -0.1) is 11.3 Å². The average molecular weight is 423 g/mol. The van der Waals surface area contributed by atoms with Crippen molar-refractivity contribution in [1.29, 1.82) is 5.26 Å². The summed E-state index contributed by atoms with van der Waals surface area (Å²) in [6.45, 7) is 2.18. The molecule has 2 heterocycles. The molecule has 0 radical (unpaired) electrons. The zero-order valence-electron chi connectivity index (χ0n) is 15.7. The Hall–Kier alpha value is -3.77. The zero-order chi connectivity index (χ0) is 21.3. The summed E-state index contributed by atoms with van der Waals surface area (Å²) < 4.78 is 25.9. The van der Waals surface area contributed by atoms with E-state index >= 15 is 0 Å². The maximum Gasteiger partial charge on any atom is 0.269 e. The minimum Gasteiger partial charge on any atom is -0.483 e. The van der Waals surface area contributed by atoms with Crippen molar-refractivity contribution in [3.8, 4) is 11.8 Å². The number of aliphatic imine (C=N–C) groups is 1. The first-order valence-electron chi connectivity index (χ1n) is 8.96. The van der Waals surface area contributed by atoms with Crippen LogP contribution in [0.15, 0.2) is 58.9 Å².